The highest BCUT2D eigenvalue weighted by atomic mass is 16.5. The Morgan fingerprint density at radius 1 is 0.450 bits per heavy atom. The van der Waals surface area contributed by atoms with Crippen molar-refractivity contribution in [2.75, 3.05) is 13.2 Å². The minimum Gasteiger partial charge on any atom is -0.466 e. The fourth-order valence-electron chi connectivity index (χ4n) is 8.10. The van der Waals surface area contributed by atoms with Gasteiger partial charge in [0.1, 0.15) is 0 Å². The molecule has 0 spiro atoms. The standard InChI is InChI=1S/C54H103NO5/c1-3-5-7-9-11-13-15-17-19-20-21-22-24-25-27-30-34-38-42-46-52(57)51(50-56)55-53(58)47-43-39-35-31-29-33-37-41-45-49-60-54(59)48-44-40-36-32-28-26-23-18-16-14-12-10-8-6-4-2/h18,23,42,46,51-52,56-57H,3-17,19-22,24-41,43-45,47-50H2,1-2H3,(H,55,58)/b23-18-,46-42+. The molecule has 1 amide bonds. The Bertz CT molecular complexity index is 935. The molecular weight excluding hydrogens is 743 g/mol. The Morgan fingerprint density at radius 2 is 0.783 bits per heavy atom. The molecule has 0 aliphatic carbocycles. The molecule has 2 atom stereocenters. The molecule has 0 aliphatic rings. The van der Waals surface area contributed by atoms with Crippen LogP contribution in [0.3, 0.4) is 0 Å². The van der Waals surface area contributed by atoms with E-state index < -0.39 is 12.1 Å². The van der Waals surface area contributed by atoms with E-state index in [0.29, 0.717) is 19.4 Å². The lowest BCUT2D eigenvalue weighted by molar-refractivity contribution is -0.143. The summed E-state index contributed by atoms with van der Waals surface area (Å²) in [4.78, 5) is 24.5. The van der Waals surface area contributed by atoms with Crippen LogP contribution in [-0.2, 0) is 14.3 Å². The number of allylic oxidation sites excluding steroid dienone is 3. The number of ether oxygens (including phenoxy) is 1. The fraction of sp³-hybridized carbons (Fsp3) is 0.889. The second-order valence-electron chi connectivity index (χ2n) is 18.2. The molecule has 0 fully saturated rings. The number of hydrogen-bond acceptors (Lipinski definition) is 5. The lowest BCUT2D eigenvalue weighted by Gasteiger charge is -2.20. The average Bonchev–Trinajstić information content (AvgIpc) is 3.25. The molecule has 0 aromatic carbocycles. The molecule has 354 valence electrons. The van der Waals surface area contributed by atoms with Crippen LogP contribution in [0.1, 0.15) is 284 Å². The molecule has 60 heavy (non-hydrogen) atoms. The van der Waals surface area contributed by atoms with Crippen LogP contribution < -0.4 is 5.32 Å². The summed E-state index contributed by atoms with van der Waals surface area (Å²) in [6.45, 7) is 4.84. The molecular formula is C54H103NO5. The van der Waals surface area contributed by atoms with Crippen LogP contribution in [0, 0.1) is 0 Å². The van der Waals surface area contributed by atoms with Gasteiger partial charge in [0.25, 0.3) is 0 Å². The topological polar surface area (TPSA) is 95.9 Å². The largest absolute Gasteiger partial charge is 0.466 e. The molecule has 0 rings (SSSR count). The highest BCUT2D eigenvalue weighted by Gasteiger charge is 2.18. The number of nitrogens with one attached hydrogen (secondary N) is 1. The second kappa shape index (κ2) is 50.0. The Kier molecular flexibility index (Phi) is 48.6. The minimum absolute atomic E-state index is 0.0350. The number of aliphatic hydroxyl groups is 2. The first-order valence-corrected chi connectivity index (χ1v) is 26.6. The highest BCUT2D eigenvalue weighted by molar-refractivity contribution is 5.76. The van der Waals surface area contributed by atoms with Crippen molar-refractivity contribution >= 4 is 11.9 Å². The summed E-state index contributed by atoms with van der Waals surface area (Å²) in [5.41, 5.74) is 0. The summed E-state index contributed by atoms with van der Waals surface area (Å²) in [6.07, 6.45) is 58.9. The Hall–Kier alpha value is -1.66. The third-order valence-corrected chi connectivity index (χ3v) is 12.2. The van der Waals surface area contributed by atoms with Crippen LogP contribution in [0.4, 0.5) is 0 Å². The van der Waals surface area contributed by atoms with Gasteiger partial charge < -0.3 is 20.3 Å². The maximum atomic E-state index is 12.4. The number of hydrogen-bond donors (Lipinski definition) is 3. The van der Waals surface area contributed by atoms with Gasteiger partial charge in [-0.3, -0.25) is 9.59 Å². The van der Waals surface area contributed by atoms with Crippen molar-refractivity contribution in [1.29, 1.82) is 0 Å². The van der Waals surface area contributed by atoms with Gasteiger partial charge in [0, 0.05) is 12.8 Å². The smallest absolute Gasteiger partial charge is 0.305 e. The van der Waals surface area contributed by atoms with E-state index in [2.05, 4.69) is 31.3 Å². The van der Waals surface area contributed by atoms with Gasteiger partial charge in [-0.2, -0.15) is 0 Å². The van der Waals surface area contributed by atoms with Gasteiger partial charge in [0.15, 0.2) is 0 Å². The fourth-order valence-corrected chi connectivity index (χ4v) is 8.10. The van der Waals surface area contributed by atoms with E-state index in [0.717, 1.165) is 57.8 Å². The van der Waals surface area contributed by atoms with E-state index in [1.54, 1.807) is 6.08 Å². The third kappa shape index (κ3) is 45.9. The summed E-state index contributed by atoms with van der Waals surface area (Å²) >= 11 is 0. The van der Waals surface area contributed by atoms with Crippen LogP contribution >= 0.6 is 0 Å². The van der Waals surface area contributed by atoms with Crippen molar-refractivity contribution < 1.29 is 24.5 Å². The molecule has 0 aromatic heterocycles. The number of amides is 1. The summed E-state index contributed by atoms with van der Waals surface area (Å²) in [5.74, 6) is -0.129. The van der Waals surface area contributed by atoms with Gasteiger partial charge >= 0.3 is 5.97 Å². The summed E-state index contributed by atoms with van der Waals surface area (Å²) < 4.78 is 5.45. The van der Waals surface area contributed by atoms with Crippen molar-refractivity contribution in [3.8, 4) is 0 Å². The Labute approximate surface area is 373 Å². The summed E-state index contributed by atoms with van der Waals surface area (Å²) in [6, 6.07) is -0.648. The summed E-state index contributed by atoms with van der Waals surface area (Å²) in [5, 5.41) is 23.1. The first-order chi connectivity index (χ1) is 29.5. The molecule has 3 N–H and O–H groups in total. The highest BCUT2D eigenvalue weighted by Crippen LogP contribution is 2.16. The second-order valence-corrected chi connectivity index (χ2v) is 18.2. The van der Waals surface area contributed by atoms with Gasteiger partial charge in [-0.1, -0.05) is 237 Å². The van der Waals surface area contributed by atoms with Crippen LogP contribution in [0.2, 0.25) is 0 Å². The maximum absolute atomic E-state index is 12.4. The Balaban J connectivity index is 3.53. The monoisotopic (exact) mass is 846 g/mol. The molecule has 2 unspecified atom stereocenters. The average molecular weight is 846 g/mol. The molecule has 6 heteroatoms. The van der Waals surface area contributed by atoms with Gasteiger partial charge in [-0.25, -0.2) is 0 Å². The molecule has 6 nitrogen and oxygen atoms in total. The van der Waals surface area contributed by atoms with Gasteiger partial charge in [0.2, 0.25) is 5.91 Å². The van der Waals surface area contributed by atoms with E-state index in [1.807, 2.05) is 6.08 Å². The zero-order valence-electron chi connectivity index (χ0n) is 40.2. The predicted molar refractivity (Wildman–Crippen MR) is 260 cm³/mol. The van der Waals surface area contributed by atoms with Crippen molar-refractivity contribution in [2.24, 2.45) is 0 Å². The molecule has 0 bridgehead atoms. The van der Waals surface area contributed by atoms with E-state index >= 15 is 0 Å². The molecule has 0 heterocycles. The first kappa shape index (κ1) is 58.3. The number of aliphatic hydroxyl groups excluding tert-OH is 2. The van der Waals surface area contributed by atoms with E-state index in [9.17, 15) is 19.8 Å². The van der Waals surface area contributed by atoms with Gasteiger partial charge in [-0.15, -0.1) is 0 Å². The normalized spacial score (nSPS) is 12.8. The lowest BCUT2D eigenvalue weighted by atomic mass is 10.0. The number of carbonyl (C=O) groups excluding carboxylic acids is 2. The molecule has 0 radical (unpaired) electrons. The van der Waals surface area contributed by atoms with E-state index in [-0.39, 0.29) is 18.5 Å². The van der Waals surface area contributed by atoms with E-state index in [4.69, 9.17) is 4.74 Å². The zero-order chi connectivity index (χ0) is 43.7. The first-order valence-electron chi connectivity index (χ1n) is 26.6. The SMILES string of the molecule is CCCCCCCC/C=C\CCCCCCCC(=O)OCCCCCCCCCCCC(=O)NC(CO)C(O)/C=C/CCCCCCCCCCCCCCCCCCC. The van der Waals surface area contributed by atoms with Crippen LogP contribution in [0.25, 0.3) is 0 Å². The van der Waals surface area contributed by atoms with Crippen molar-refractivity contribution in [1.82, 2.24) is 5.32 Å². The predicted octanol–water partition coefficient (Wildman–Crippen LogP) is 15.9. The molecule has 0 aliphatic heterocycles. The zero-order valence-corrected chi connectivity index (χ0v) is 40.2. The molecule has 0 saturated heterocycles. The van der Waals surface area contributed by atoms with Crippen LogP contribution in [0.5, 0.6) is 0 Å². The quantitative estimate of drug-likeness (QED) is 0.0322. The van der Waals surface area contributed by atoms with E-state index in [1.165, 1.54) is 199 Å². The molecule has 0 aromatic rings. The number of rotatable bonds is 49. The van der Waals surface area contributed by atoms with Crippen molar-refractivity contribution in [2.45, 2.75) is 296 Å². The lowest BCUT2D eigenvalue weighted by Crippen LogP contribution is -2.45. The third-order valence-electron chi connectivity index (χ3n) is 12.2. The van der Waals surface area contributed by atoms with Crippen LogP contribution in [0.15, 0.2) is 24.3 Å². The maximum Gasteiger partial charge on any atom is 0.305 e. The van der Waals surface area contributed by atoms with Crippen molar-refractivity contribution in [3.63, 3.8) is 0 Å². The Morgan fingerprint density at radius 3 is 1.18 bits per heavy atom. The van der Waals surface area contributed by atoms with Crippen LogP contribution in [-0.4, -0.2) is 47.4 Å². The molecule has 0 saturated carbocycles. The minimum atomic E-state index is -0.862. The number of carbonyl (C=O) groups is 2. The van der Waals surface area contributed by atoms with Gasteiger partial charge in [-0.05, 0) is 57.8 Å². The summed E-state index contributed by atoms with van der Waals surface area (Å²) in [7, 11) is 0. The number of unbranched alkanes of at least 4 members (excludes halogenated alkanes) is 36. The van der Waals surface area contributed by atoms with Crippen molar-refractivity contribution in [3.05, 3.63) is 24.3 Å². The number of esters is 1. The van der Waals surface area contributed by atoms with Gasteiger partial charge in [0.05, 0.1) is 25.4 Å².